The van der Waals surface area contributed by atoms with Crippen LogP contribution in [0.1, 0.15) is 6.42 Å². The first-order valence-corrected chi connectivity index (χ1v) is 13.3. The zero-order chi connectivity index (χ0) is 17.1. The van der Waals surface area contributed by atoms with Gasteiger partial charge in [-0.2, -0.15) is 0 Å². The number of rotatable bonds is 5. The minimum Gasteiger partial charge on any atom is -0.379 e. The maximum absolute atomic E-state index is 12.6. The summed E-state index contributed by atoms with van der Waals surface area (Å²) in [7, 11) is -3.41. The van der Waals surface area contributed by atoms with E-state index in [2.05, 4.69) is 36.1 Å². The molecule has 23 heavy (non-hydrogen) atoms. The van der Waals surface area contributed by atoms with Crippen molar-refractivity contribution >= 4 is 39.5 Å². The van der Waals surface area contributed by atoms with E-state index in [1.807, 2.05) is 24.3 Å². The fraction of sp³-hybridized carbons (Fsp3) is 0.438. The molecule has 2 aromatic rings. The van der Waals surface area contributed by atoms with E-state index in [0.717, 1.165) is 4.70 Å². The second-order valence-corrected chi connectivity index (χ2v) is 14.3. The highest BCUT2D eigenvalue weighted by atomic mass is 32.2. The van der Waals surface area contributed by atoms with Gasteiger partial charge in [-0.05, 0) is 12.1 Å². The standard InChI is InChI=1S/C16H21NO3S2Si/c1-20-13(8-7-11-23(2,3)4)12-22(18,19)16-17-14-9-5-6-10-15(14)21-16/h5-6,9-10,13H,8,12H2,1-4H3/t13-/m1/s1. The molecule has 1 aromatic heterocycles. The molecule has 0 spiro atoms. The van der Waals surface area contributed by atoms with Crippen molar-refractivity contribution in [3.05, 3.63) is 24.3 Å². The number of aromatic nitrogens is 1. The molecule has 0 amide bonds. The Balaban J connectivity index is 2.16. The maximum atomic E-state index is 12.6. The molecular weight excluding hydrogens is 346 g/mol. The Morgan fingerprint density at radius 2 is 2.00 bits per heavy atom. The first-order chi connectivity index (χ1) is 10.7. The third-order valence-electron chi connectivity index (χ3n) is 3.07. The number of ether oxygens (including phenoxy) is 1. The predicted octanol–water partition coefficient (Wildman–Crippen LogP) is 3.36. The van der Waals surface area contributed by atoms with Gasteiger partial charge in [0.1, 0.15) is 8.07 Å². The number of methoxy groups -OCH3 is 1. The van der Waals surface area contributed by atoms with Crippen molar-refractivity contribution in [3.8, 4) is 11.5 Å². The molecule has 0 saturated heterocycles. The third kappa shape index (κ3) is 5.14. The second-order valence-electron chi connectivity index (χ2n) is 6.34. The van der Waals surface area contributed by atoms with Crippen molar-refractivity contribution in [2.45, 2.75) is 36.5 Å². The molecule has 1 heterocycles. The SMILES string of the molecule is CO[C@H](CC#C[Si](C)(C)C)CS(=O)(=O)c1nc2ccccc2s1. The summed E-state index contributed by atoms with van der Waals surface area (Å²) >= 11 is 1.20. The Bertz CT molecular complexity index is 808. The number of sulfone groups is 1. The Morgan fingerprint density at radius 3 is 2.61 bits per heavy atom. The summed E-state index contributed by atoms with van der Waals surface area (Å²) in [5.41, 5.74) is 3.95. The largest absolute Gasteiger partial charge is 0.379 e. The fourth-order valence-electron chi connectivity index (χ4n) is 1.94. The second kappa shape index (κ2) is 7.14. The van der Waals surface area contributed by atoms with E-state index in [-0.39, 0.29) is 10.1 Å². The molecule has 0 unspecified atom stereocenters. The highest BCUT2D eigenvalue weighted by Crippen LogP contribution is 2.26. The predicted molar refractivity (Wildman–Crippen MR) is 98.2 cm³/mol. The molecule has 0 fully saturated rings. The summed E-state index contributed by atoms with van der Waals surface area (Å²) in [6, 6.07) is 7.42. The van der Waals surface area contributed by atoms with E-state index < -0.39 is 24.0 Å². The summed E-state index contributed by atoms with van der Waals surface area (Å²) in [6.07, 6.45) is -0.0129. The Kier molecular flexibility index (Phi) is 5.63. The molecule has 4 nitrogen and oxygen atoms in total. The summed E-state index contributed by atoms with van der Waals surface area (Å²) in [6.45, 7) is 6.46. The van der Waals surface area contributed by atoms with Crippen LogP contribution in [0.5, 0.6) is 0 Å². The number of benzene rings is 1. The van der Waals surface area contributed by atoms with Crippen molar-refractivity contribution < 1.29 is 13.2 Å². The zero-order valence-corrected chi connectivity index (χ0v) is 16.4. The summed E-state index contributed by atoms with van der Waals surface area (Å²) in [4.78, 5) is 4.24. The summed E-state index contributed by atoms with van der Waals surface area (Å²) in [5.74, 6) is 2.99. The van der Waals surface area contributed by atoms with Gasteiger partial charge < -0.3 is 4.74 Å². The van der Waals surface area contributed by atoms with Crippen molar-refractivity contribution in [1.82, 2.24) is 4.98 Å². The first kappa shape index (κ1) is 18.1. The lowest BCUT2D eigenvalue weighted by Gasteiger charge is -2.12. The van der Waals surface area contributed by atoms with Crippen LogP contribution in [0, 0.1) is 11.5 Å². The van der Waals surface area contributed by atoms with Crippen LogP contribution in [-0.2, 0) is 14.6 Å². The highest BCUT2D eigenvalue weighted by molar-refractivity contribution is 7.93. The third-order valence-corrected chi connectivity index (χ3v) is 7.28. The van der Waals surface area contributed by atoms with Gasteiger partial charge >= 0.3 is 0 Å². The number of fused-ring (bicyclic) bond motifs is 1. The molecule has 0 aliphatic heterocycles. The van der Waals surface area contributed by atoms with E-state index in [1.54, 1.807) is 0 Å². The van der Waals surface area contributed by atoms with Crippen molar-refractivity contribution in [3.63, 3.8) is 0 Å². The van der Waals surface area contributed by atoms with Gasteiger partial charge in [0.25, 0.3) is 0 Å². The number of thiazole rings is 1. The zero-order valence-electron chi connectivity index (χ0n) is 13.8. The molecule has 2 rings (SSSR count). The molecule has 1 atom stereocenters. The van der Waals surface area contributed by atoms with E-state index in [9.17, 15) is 8.42 Å². The molecule has 0 radical (unpaired) electrons. The average Bonchev–Trinajstić information content (AvgIpc) is 2.89. The quantitative estimate of drug-likeness (QED) is 0.601. The molecule has 0 aliphatic carbocycles. The number of hydrogen-bond acceptors (Lipinski definition) is 5. The molecule has 1 aromatic carbocycles. The number of hydrogen-bond donors (Lipinski definition) is 0. The first-order valence-electron chi connectivity index (χ1n) is 7.32. The number of para-hydroxylation sites is 1. The molecule has 0 saturated carbocycles. The van der Waals surface area contributed by atoms with E-state index in [0.29, 0.717) is 11.9 Å². The van der Waals surface area contributed by atoms with Crippen LogP contribution in [-0.4, -0.2) is 40.4 Å². The summed E-state index contributed by atoms with van der Waals surface area (Å²) in [5, 5.41) is 0. The molecule has 0 bridgehead atoms. The Morgan fingerprint density at radius 1 is 1.30 bits per heavy atom. The van der Waals surface area contributed by atoms with Crippen molar-refractivity contribution in [2.75, 3.05) is 12.9 Å². The lowest BCUT2D eigenvalue weighted by Crippen LogP contribution is -2.23. The molecule has 0 aliphatic rings. The van der Waals surface area contributed by atoms with Crippen LogP contribution < -0.4 is 0 Å². The minimum absolute atomic E-state index is 0.0936. The van der Waals surface area contributed by atoms with Gasteiger partial charge in [0.05, 0.1) is 22.1 Å². The van der Waals surface area contributed by atoms with Crippen molar-refractivity contribution in [1.29, 1.82) is 0 Å². The van der Waals surface area contributed by atoms with Gasteiger partial charge in [0, 0.05) is 13.5 Å². The lowest BCUT2D eigenvalue weighted by molar-refractivity contribution is 0.125. The van der Waals surface area contributed by atoms with Gasteiger partial charge in [-0.15, -0.1) is 22.8 Å². The van der Waals surface area contributed by atoms with Crippen LogP contribution in [0.15, 0.2) is 28.6 Å². The van der Waals surface area contributed by atoms with E-state index in [1.165, 1.54) is 18.4 Å². The molecule has 7 heteroatoms. The van der Waals surface area contributed by atoms with E-state index in [4.69, 9.17) is 4.74 Å². The van der Waals surface area contributed by atoms with Gasteiger partial charge in [-0.1, -0.05) is 31.8 Å². The van der Waals surface area contributed by atoms with Crippen molar-refractivity contribution in [2.24, 2.45) is 0 Å². The van der Waals surface area contributed by atoms with Crippen LogP contribution in [0.4, 0.5) is 0 Å². The van der Waals surface area contributed by atoms with Gasteiger partial charge in [0.2, 0.25) is 14.2 Å². The van der Waals surface area contributed by atoms with Crippen LogP contribution in [0.3, 0.4) is 0 Å². The maximum Gasteiger partial charge on any atom is 0.210 e. The fourth-order valence-corrected chi connectivity index (χ4v) is 5.37. The topological polar surface area (TPSA) is 56.3 Å². The monoisotopic (exact) mass is 367 g/mol. The smallest absolute Gasteiger partial charge is 0.210 e. The molecular formula is C16H21NO3S2Si. The minimum atomic E-state index is -3.47. The van der Waals surface area contributed by atoms with Crippen LogP contribution >= 0.6 is 11.3 Å². The Hall–Kier alpha value is -1.20. The van der Waals surface area contributed by atoms with Crippen LogP contribution in [0.25, 0.3) is 10.2 Å². The molecule has 124 valence electrons. The van der Waals surface area contributed by atoms with Gasteiger partial charge in [0.15, 0.2) is 0 Å². The van der Waals surface area contributed by atoms with Gasteiger partial charge in [-0.3, -0.25) is 0 Å². The number of nitrogens with zero attached hydrogens (tertiary/aromatic N) is 1. The molecule has 0 N–H and O–H groups in total. The normalized spacial score (nSPS) is 13.6. The highest BCUT2D eigenvalue weighted by Gasteiger charge is 2.24. The average molecular weight is 368 g/mol. The van der Waals surface area contributed by atoms with Crippen LogP contribution in [0.2, 0.25) is 19.6 Å². The lowest BCUT2D eigenvalue weighted by atomic mass is 10.3. The van der Waals surface area contributed by atoms with E-state index >= 15 is 0 Å². The van der Waals surface area contributed by atoms with Gasteiger partial charge in [-0.25, -0.2) is 13.4 Å². The Labute approximate surface area is 142 Å². The summed E-state index contributed by atoms with van der Waals surface area (Å²) < 4.78 is 31.5.